The summed E-state index contributed by atoms with van der Waals surface area (Å²) in [5, 5.41) is 1.72. The van der Waals surface area contributed by atoms with Crippen LogP contribution in [0.2, 0.25) is 0 Å². The van der Waals surface area contributed by atoms with E-state index in [1.54, 1.807) is 6.20 Å². The molecule has 2 aromatic heterocycles. The highest BCUT2D eigenvalue weighted by molar-refractivity contribution is 7.26. The maximum atomic E-state index is 13.0. The first-order valence-electron chi connectivity index (χ1n) is 8.64. The summed E-state index contributed by atoms with van der Waals surface area (Å²) in [6.07, 6.45) is -2.68. The van der Waals surface area contributed by atoms with Crippen LogP contribution in [0.1, 0.15) is 32.2 Å². The molecule has 0 amide bonds. The Balaban J connectivity index is 1.95. The van der Waals surface area contributed by atoms with Gasteiger partial charge in [0.1, 0.15) is 0 Å². The van der Waals surface area contributed by atoms with E-state index in [4.69, 9.17) is 1.37 Å². The van der Waals surface area contributed by atoms with Crippen LogP contribution < -0.4 is 0 Å². The lowest BCUT2D eigenvalue weighted by molar-refractivity contribution is -0.137. The number of nitrogens with zero attached hydrogens (tertiary/aromatic N) is 1. The summed E-state index contributed by atoms with van der Waals surface area (Å²) in [6, 6.07) is 13.3. The van der Waals surface area contributed by atoms with E-state index in [2.05, 4.69) is 4.98 Å². The SMILES string of the molecule is [2H]C(C)(C)c1ccnc(-c2cccc3c2sc2cc(C(F)(F)F)ccc23)c1. The van der Waals surface area contributed by atoms with Crippen molar-refractivity contribution in [2.45, 2.75) is 25.9 Å². The molecule has 2 aromatic carbocycles. The second-order valence-corrected chi connectivity index (χ2v) is 7.47. The fraction of sp³-hybridized carbons (Fsp3) is 0.190. The number of pyridine rings is 1. The quantitative estimate of drug-likeness (QED) is 0.361. The number of thiophene rings is 1. The van der Waals surface area contributed by atoms with Gasteiger partial charge in [0.05, 0.1) is 11.3 Å². The van der Waals surface area contributed by atoms with Gasteiger partial charge in [-0.05, 0) is 35.7 Å². The van der Waals surface area contributed by atoms with Crippen molar-refractivity contribution < 1.29 is 14.5 Å². The first-order chi connectivity index (χ1) is 12.6. The maximum Gasteiger partial charge on any atom is 0.416 e. The third kappa shape index (κ3) is 2.86. The lowest BCUT2D eigenvalue weighted by Crippen LogP contribution is -2.03. The fourth-order valence-electron chi connectivity index (χ4n) is 3.07. The second kappa shape index (κ2) is 6.09. The number of fused-ring (bicyclic) bond motifs is 3. The van der Waals surface area contributed by atoms with E-state index in [-0.39, 0.29) is 0 Å². The van der Waals surface area contributed by atoms with Crippen LogP contribution in [-0.4, -0.2) is 4.98 Å². The highest BCUT2D eigenvalue weighted by Gasteiger charge is 2.30. The van der Waals surface area contributed by atoms with Crippen molar-refractivity contribution in [2.24, 2.45) is 0 Å². The molecule has 0 radical (unpaired) electrons. The number of hydrogen-bond donors (Lipinski definition) is 0. The smallest absolute Gasteiger partial charge is 0.256 e. The molecule has 0 aliphatic rings. The molecule has 0 spiro atoms. The molecule has 0 fully saturated rings. The molecule has 0 unspecified atom stereocenters. The Morgan fingerprint density at radius 1 is 1.04 bits per heavy atom. The molecule has 5 heteroatoms. The molecule has 4 aromatic rings. The fourth-order valence-corrected chi connectivity index (χ4v) is 4.33. The van der Waals surface area contributed by atoms with Crippen molar-refractivity contribution in [1.29, 1.82) is 0 Å². The molecule has 1 nitrogen and oxygen atoms in total. The van der Waals surface area contributed by atoms with Crippen LogP contribution in [0.4, 0.5) is 13.2 Å². The average molecular weight is 372 g/mol. The number of alkyl halides is 3. The number of halogens is 3. The Labute approximate surface area is 154 Å². The van der Waals surface area contributed by atoms with Gasteiger partial charge in [-0.3, -0.25) is 4.98 Å². The summed E-state index contributed by atoms with van der Waals surface area (Å²) in [4.78, 5) is 4.44. The van der Waals surface area contributed by atoms with Crippen molar-refractivity contribution in [2.75, 3.05) is 0 Å². The molecule has 0 saturated heterocycles. The lowest BCUT2D eigenvalue weighted by Gasteiger charge is -2.08. The van der Waals surface area contributed by atoms with Gasteiger partial charge in [-0.25, -0.2) is 0 Å². The van der Waals surface area contributed by atoms with Crippen LogP contribution in [0.15, 0.2) is 54.7 Å². The van der Waals surface area contributed by atoms with Crippen LogP contribution >= 0.6 is 11.3 Å². The minimum absolute atomic E-state index is 0.601. The molecule has 4 rings (SSSR count). The van der Waals surface area contributed by atoms with E-state index in [9.17, 15) is 13.2 Å². The average Bonchev–Trinajstić information content (AvgIpc) is 2.98. The zero-order valence-corrected chi connectivity index (χ0v) is 15.0. The van der Waals surface area contributed by atoms with Crippen LogP contribution in [0.25, 0.3) is 31.4 Å². The summed E-state index contributed by atoms with van der Waals surface area (Å²) in [5.74, 6) is -0.757. The number of benzene rings is 2. The van der Waals surface area contributed by atoms with Gasteiger partial charge in [-0.15, -0.1) is 11.3 Å². The predicted molar refractivity (Wildman–Crippen MR) is 102 cm³/mol. The summed E-state index contributed by atoms with van der Waals surface area (Å²) >= 11 is 1.34. The van der Waals surface area contributed by atoms with Crippen molar-refractivity contribution in [3.05, 3.63) is 65.9 Å². The van der Waals surface area contributed by atoms with Gasteiger partial charge in [0.25, 0.3) is 0 Å². The lowest BCUT2D eigenvalue weighted by atomic mass is 10.0. The Hall–Kier alpha value is -2.40. The summed E-state index contributed by atoms with van der Waals surface area (Å²) in [7, 11) is 0. The molecule has 26 heavy (non-hydrogen) atoms. The highest BCUT2D eigenvalue weighted by Crippen LogP contribution is 2.41. The maximum absolute atomic E-state index is 13.0. The number of rotatable bonds is 2. The van der Waals surface area contributed by atoms with Gasteiger partial charge in [-0.1, -0.05) is 38.1 Å². The van der Waals surface area contributed by atoms with Crippen molar-refractivity contribution in [1.82, 2.24) is 4.98 Å². The molecule has 132 valence electrons. The van der Waals surface area contributed by atoms with Crippen molar-refractivity contribution in [3.8, 4) is 11.3 Å². The molecular formula is C21H16F3NS. The molecule has 0 bridgehead atoms. The van der Waals surface area contributed by atoms with E-state index < -0.39 is 17.6 Å². The molecule has 0 aliphatic heterocycles. The van der Waals surface area contributed by atoms with E-state index in [0.29, 0.717) is 4.70 Å². The topological polar surface area (TPSA) is 12.9 Å². The normalized spacial score (nSPS) is 13.3. The third-order valence-corrected chi connectivity index (χ3v) is 5.64. The van der Waals surface area contributed by atoms with E-state index in [1.807, 2.05) is 44.2 Å². The predicted octanol–water partition coefficient (Wildman–Crippen LogP) is 7.26. The van der Waals surface area contributed by atoms with Gasteiger partial charge in [0, 0.05) is 33.3 Å². The molecule has 2 heterocycles. The van der Waals surface area contributed by atoms with Crippen molar-refractivity contribution >= 4 is 31.5 Å². The zero-order valence-electron chi connectivity index (χ0n) is 15.2. The molecule has 0 saturated carbocycles. The second-order valence-electron chi connectivity index (χ2n) is 6.42. The number of hydrogen-bond acceptors (Lipinski definition) is 2. The largest absolute Gasteiger partial charge is 0.416 e. The van der Waals surface area contributed by atoms with Gasteiger partial charge < -0.3 is 0 Å². The zero-order chi connectivity index (χ0) is 19.4. The molecular weight excluding hydrogens is 355 g/mol. The monoisotopic (exact) mass is 372 g/mol. The Morgan fingerprint density at radius 3 is 2.58 bits per heavy atom. The molecule has 0 N–H and O–H groups in total. The molecule has 0 aliphatic carbocycles. The van der Waals surface area contributed by atoms with Gasteiger partial charge in [0.15, 0.2) is 0 Å². The minimum Gasteiger partial charge on any atom is -0.256 e. The van der Waals surface area contributed by atoms with Crippen LogP contribution in [0.5, 0.6) is 0 Å². The van der Waals surface area contributed by atoms with E-state index in [0.717, 1.165) is 38.4 Å². The Kier molecular flexibility index (Phi) is 3.71. The van der Waals surface area contributed by atoms with Gasteiger partial charge in [0.2, 0.25) is 0 Å². The van der Waals surface area contributed by atoms with E-state index in [1.165, 1.54) is 23.5 Å². The summed E-state index contributed by atoms with van der Waals surface area (Å²) < 4.78 is 48.9. The standard InChI is InChI=1S/C21H16F3NS/c1-12(2)13-8-9-25-18(10-13)17-5-3-4-16-15-7-6-14(21(22,23)24)11-19(15)26-20(16)17/h3-12H,1-2H3/i12D. The van der Waals surface area contributed by atoms with Crippen LogP contribution in [0.3, 0.4) is 0 Å². The van der Waals surface area contributed by atoms with E-state index >= 15 is 0 Å². The first kappa shape index (κ1) is 15.8. The minimum atomic E-state index is -4.36. The van der Waals surface area contributed by atoms with Crippen LogP contribution in [0, 0.1) is 0 Å². The van der Waals surface area contributed by atoms with Crippen LogP contribution in [-0.2, 0) is 6.18 Å². The molecule has 0 atom stereocenters. The highest BCUT2D eigenvalue weighted by atomic mass is 32.1. The number of aromatic nitrogens is 1. The third-order valence-electron chi connectivity index (χ3n) is 4.44. The van der Waals surface area contributed by atoms with Gasteiger partial charge >= 0.3 is 6.18 Å². The summed E-state index contributed by atoms with van der Waals surface area (Å²) in [6.45, 7) is 3.62. The summed E-state index contributed by atoms with van der Waals surface area (Å²) in [5.41, 5.74) is 1.79. The Morgan fingerprint density at radius 2 is 1.85 bits per heavy atom. The first-order valence-corrected chi connectivity index (χ1v) is 8.95. The Bertz CT molecular complexity index is 1160. The van der Waals surface area contributed by atoms with Crippen molar-refractivity contribution in [3.63, 3.8) is 0 Å². The van der Waals surface area contributed by atoms with Gasteiger partial charge in [-0.2, -0.15) is 13.2 Å².